The number of carbonyl (C=O) groups excluding carboxylic acids is 1. The Kier molecular flexibility index (Phi) is 2.89. The smallest absolute Gasteiger partial charge is 0.219 e. The molecule has 3 rings (SSSR count). The SMILES string of the molecule is CC(=O)N1CCC2(CCCN2CC2CC2)CC1. The molecular weight excluding hydrogens is 212 g/mol. The summed E-state index contributed by atoms with van der Waals surface area (Å²) < 4.78 is 0. The van der Waals surface area contributed by atoms with Gasteiger partial charge in [0.1, 0.15) is 0 Å². The van der Waals surface area contributed by atoms with Gasteiger partial charge in [-0.2, -0.15) is 0 Å². The van der Waals surface area contributed by atoms with Crippen LogP contribution >= 0.6 is 0 Å². The molecule has 0 bridgehead atoms. The van der Waals surface area contributed by atoms with Crippen molar-refractivity contribution in [2.75, 3.05) is 26.2 Å². The van der Waals surface area contributed by atoms with E-state index in [0.29, 0.717) is 5.54 Å². The van der Waals surface area contributed by atoms with E-state index < -0.39 is 0 Å². The maximum absolute atomic E-state index is 11.4. The Morgan fingerprint density at radius 1 is 1.18 bits per heavy atom. The van der Waals surface area contributed by atoms with Crippen LogP contribution in [0.3, 0.4) is 0 Å². The molecule has 3 nitrogen and oxygen atoms in total. The van der Waals surface area contributed by atoms with Crippen LogP contribution in [-0.2, 0) is 4.79 Å². The number of nitrogens with zero attached hydrogens (tertiary/aromatic N) is 2. The van der Waals surface area contributed by atoms with Gasteiger partial charge in [-0.15, -0.1) is 0 Å². The zero-order valence-corrected chi connectivity index (χ0v) is 11.0. The van der Waals surface area contributed by atoms with Gasteiger partial charge in [0.25, 0.3) is 0 Å². The second-order valence-electron chi connectivity index (χ2n) is 6.22. The van der Waals surface area contributed by atoms with E-state index in [0.717, 1.165) is 19.0 Å². The van der Waals surface area contributed by atoms with E-state index in [4.69, 9.17) is 0 Å². The molecule has 0 atom stereocenters. The average molecular weight is 236 g/mol. The predicted octanol–water partition coefficient (Wildman–Crippen LogP) is 1.87. The first-order valence-electron chi connectivity index (χ1n) is 7.20. The maximum Gasteiger partial charge on any atom is 0.219 e. The van der Waals surface area contributed by atoms with Crippen molar-refractivity contribution < 1.29 is 4.79 Å². The second-order valence-corrected chi connectivity index (χ2v) is 6.22. The largest absolute Gasteiger partial charge is 0.343 e. The van der Waals surface area contributed by atoms with E-state index in [9.17, 15) is 4.79 Å². The quantitative estimate of drug-likeness (QED) is 0.731. The summed E-state index contributed by atoms with van der Waals surface area (Å²) in [5.74, 6) is 1.25. The van der Waals surface area contributed by atoms with Crippen LogP contribution in [0.25, 0.3) is 0 Å². The van der Waals surface area contributed by atoms with Gasteiger partial charge in [-0.1, -0.05) is 0 Å². The summed E-state index contributed by atoms with van der Waals surface area (Å²) in [6.45, 7) is 6.30. The Bertz CT molecular complexity index is 303. The Labute approximate surface area is 104 Å². The molecule has 0 N–H and O–H groups in total. The predicted molar refractivity (Wildman–Crippen MR) is 67.8 cm³/mol. The van der Waals surface area contributed by atoms with Crippen LogP contribution in [0.2, 0.25) is 0 Å². The second kappa shape index (κ2) is 4.27. The van der Waals surface area contributed by atoms with Crippen LogP contribution in [0, 0.1) is 5.92 Å². The van der Waals surface area contributed by atoms with Crippen LogP contribution in [0.15, 0.2) is 0 Å². The first-order valence-corrected chi connectivity index (χ1v) is 7.20. The van der Waals surface area contributed by atoms with E-state index in [1.165, 1.54) is 51.6 Å². The number of hydrogen-bond acceptors (Lipinski definition) is 2. The van der Waals surface area contributed by atoms with Crippen LogP contribution in [-0.4, -0.2) is 47.4 Å². The van der Waals surface area contributed by atoms with Gasteiger partial charge < -0.3 is 4.90 Å². The molecule has 1 amide bonds. The lowest BCUT2D eigenvalue weighted by atomic mass is 9.84. The third-order valence-electron chi connectivity index (χ3n) is 5.06. The first kappa shape index (κ1) is 11.5. The van der Waals surface area contributed by atoms with Gasteiger partial charge in [0.15, 0.2) is 0 Å². The van der Waals surface area contributed by atoms with Gasteiger partial charge in [0.05, 0.1) is 0 Å². The molecule has 96 valence electrons. The molecule has 2 heterocycles. The van der Waals surface area contributed by atoms with Crippen LogP contribution in [0.4, 0.5) is 0 Å². The molecule has 1 spiro atoms. The molecule has 2 saturated heterocycles. The zero-order valence-electron chi connectivity index (χ0n) is 11.0. The standard InChI is InChI=1S/C14H24N2O/c1-12(17)15-9-6-14(7-10-15)5-2-8-16(14)11-13-3-4-13/h13H,2-11H2,1H3. The first-order chi connectivity index (χ1) is 8.20. The number of likely N-dealkylation sites (tertiary alicyclic amines) is 2. The van der Waals surface area contributed by atoms with Gasteiger partial charge in [-0.05, 0) is 51.0 Å². The Balaban J connectivity index is 1.63. The molecule has 0 aromatic heterocycles. The molecule has 1 saturated carbocycles. The van der Waals surface area contributed by atoms with Gasteiger partial charge in [-0.25, -0.2) is 0 Å². The van der Waals surface area contributed by atoms with Gasteiger partial charge in [0.2, 0.25) is 5.91 Å². The highest BCUT2D eigenvalue weighted by Gasteiger charge is 2.44. The Morgan fingerprint density at radius 3 is 2.47 bits per heavy atom. The molecule has 0 aromatic carbocycles. The molecule has 3 aliphatic rings. The lowest BCUT2D eigenvalue weighted by Crippen LogP contribution is -2.53. The number of amides is 1. The molecule has 2 aliphatic heterocycles. The molecule has 0 unspecified atom stereocenters. The van der Waals surface area contributed by atoms with Gasteiger partial charge in [0, 0.05) is 32.1 Å². The number of rotatable bonds is 2. The fourth-order valence-electron chi connectivity index (χ4n) is 3.70. The van der Waals surface area contributed by atoms with E-state index in [1.54, 1.807) is 6.92 Å². The number of hydrogen-bond donors (Lipinski definition) is 0. The van der Waals surface area contributed by atoms with Crippen molar-refractivity contribution in [2.45, 2.75) is 51.0 Å². The van der Waals surface area contributed by atoms with E-state index in [1.807, 2.05) is 4.90 Å². The third-order valence-corrected chi connectivity index (χ3v) is 5.06. The zero-order chi connectivity index (χ0) is 11.9. The molecule has 17 heavy (non-hydrogen) atoms. The lowest BCUT2D eigenvalue weighted by Gasteiger charge is -2.45. The minimum absolute atomic E-state index is 0.256. The molecule has 3 fully saturated rings. The Morgan fingerprint density at radius 2 is 1.88 bits per heavy atom. The monoisotopic (exact) mass is 236 g/mol. The highest BCUT2D eigenvalue weighted by atomic mass is 16.2. The van der Waals surface area contributed by atoms with Crippen LogP contribution in [0.1, 0.15) is 45.4 Å². The van der Waals surface area contributed by atoms with E-state index in [-0.39, 0.29) is 5.91 Å². The summed E-state index contributed by atoms with van der Waals surface area (Å²) >= 11 is 0. The molecule has 0 aromatic rings. The summed E-state index contributed by atoms with van der Waals surface area (Å²) in [4.78, 5) is 16.2. The Hall–Kier alpha value is -0.570. The average Bonchev–Trinajstić information content (AvgIpc) is 3.05. The summed E-state index contributed by atoms with van der Waals surface area (Å²) in [6, 6.07) is 0. The highest BCUT2D eigenvalue weighted by Crippen LogP contribution is 2.41. The van der Waals surface area contributed by atoms with Crippen molar-refractivity contribution in [2.24, 2.45) is 5.92 Å². The summed E-state index contributed by atoms with van der Waals surface area (Å²) in [6.07, 6.45) is 8.05. The molecule has 0 radical (unpaired) electrons. The number of piperidine rings is 1. The van der Waals surface area contributed by atoms with Crippen molar-refractivity contribution in [1.82, 2.24) is 9.80 Å². The van der Waals surface area contributed by atoms with Crippen LogP contribution in [0.5, 0.6) is 0 Å². The highest BCUT2D eigenvalue weighted by molar-refractivity contribution is 5.73. The molecule has 1 aliphatic carbocycles. The minimum atomic E-state index is 0.256. The van der Waals surface area contributed by atoms with Crippen molar-refractivity contribution in [1.29, 1.82) is 0 Å². The van der Waals surface area contributed by atoms with Crippen molar-refractivity contribution in [3.8, 4) is 0 Å². The maximum atomic E-state index is 11.4. The minimum Gasteiger partial charge on any atom is -0.343 e. The summed E-state index contributed by atoms with van der Waals surface area (Å²) in [7, 11) is 0. The third kappa shape index (κ3) is 2.22. The van der Waals surface area contributed by atoms with Gasteiger partial charge in [-0.3, -0.25) is 9.69 Å². The summed E-state index contributed by atoms with van der Waals surface area (Å²) in [5, 5.41) is 0. The summed E-state index contributed by atoms with van der Waals surface area (Å²) in [5.41, 5.74) is 0.467. The van der Waals surface area contributed by atoms with Crippen molar-refractivity contribution in [3.63, 3.8) is 0 Å². The van der Waals surface area contributed by atoms with Crippen molar-refractivity contribution >= 4 is 5.91 Å². The van der Waals surface area contributed by atoms with Crippen LogP contribution < -0.4 is 0 Å². The van der Waals surface area contributed by atoms with E-state index >= 15 is 0 Å². The topological polar surface area (TPSA) is 23.6 Å². The van der Waals surface area contributed by atoms with E-state index in [2.05, 4.69) is 4.90 Å². The molecular formula is C14H24N2O. The fraction of sp³-hybridized carbons (Fsp3) is 0.929. The normalized spacial score (nSPS) is 28.9. The fourth-order valence-corrected chi connectivity index (χ4v) is 3.70. The number of carbonyl (C=O) groups is 1. The van der Waals surface area contributed by atoms with Gasteiger partial charge >= 0.3 is 0 Å². The molecule has 3 heteroatoms. The lowest BCUT2D eigenvalue weighted by molar-refractivity contribution is -0.131. The van der Waals surface area contributed by atoms with Crippen molar-refractivity contribution in [3.05, 3.63) is 0 Å².